The van der Waals surface area contributed by atoms with E-state index >= 15 is 0 Å². The van der Waals surface area contributed by atoms with Gasteiger partial charge in [-0.3, -0.25) is 9.48 Å². The lowest BCUT2D eigenvalue weighted by molar-refractivity contribution is 0.0942. The van der Waals surface area contributed by atoms with Crippen LogP contribution in [-0.2, 0) is 13.7 Å². The lowest BCUT2D eigenvalue weighted by Gasteiger charge is -2.27. The minimum atomic E-state index is -0.0981. The van der Waals surface area contributed by atoms with E-state index in [0.717, 1.165) is 18.7 Å². The van der Waals surface area contributed by atoms with Crippen LogP contribution in [0.2, 0.25) is 0 Å². The van der Waals surface area contributed by atoms with Crippen molar-refractivity contribution in [3.8, 4) is 11.5 Å². The quantitative estimate of drug-likeness (QED) is 0.738. The number of hydrogen-bond donors (Lipinski definition) is 2. The van der Waals surface area contributed by atoms with E-state index in [1.807, 2.05) is 13.2 Å². The van der Waals surface area contributed by atoms with E-state index in [2.05, 4.69) is 15.7 Å². The summed E-state index contributed by atoms with van der Waals surface area (Å²) in [6, 6.07) is 5.21. The van der Waals surface area contributed by atoms with E-state index in [1.165, 1.54) is 0 Å². The molecule has 144 valence electrons. The first kappa shape index (κ1) is 22.1. The fourth-order valence-electron chi connectivity index (χ4n) is 2.47. The summed E-state index contributed by atoms with van der Waals surface area (Å²) in [5, 5.41) is 10.2. The van der Waals surface area contributed by atoms with E-state index in [4.69, 9.17) is 9.47 Å². The number of aryl methyl sites for hydroxylation is 1. The van der Waals surface area contributed by atoms with Gasteiger partial charge >= 0.3 is 0 Å². The molecule has 9 heteroatoms. The minimum absolute atomic E-state index is 0. The molecule has 1 fully saturated rings. The van der Waals surface area contributed by atoms with Gasteiger partial charge in [0.1, 0.15) is 6.61 Å². The number of methoxy groups -OCH3 is 1. The molecule has 26 heavy (non-hydrogen) atoms. The van der Waals surface area contributed by atoms with Gasteiger partial charge in [0, 0.05) is 49.9 Å². The Kier molecular flexibility index (Phi) is 8.71. The number of nitrogens with one attached hydrogen (secondary N) is 2. The van der Waals surface area contributed by atoms with Crippen molar-refractivity contribution in [2.75, 3.05) is 26.7 Å². The molecule has 1 aliphatic rings. The number of amides is 1. The molecule has 1 aliphatic heterocycles. The average Bonchev–Trinajstić information content (AvgIpc) is 2.96. The highest BCUT2D eigenvalue weighted by Gasteiger charge is 2.18. The lowest BCUT2D eigenvalue weighted by Crippen LogP contribution is -2.48. The van der Waals surface area contributed by atoms with Crippen molar-refractivity contribution in [2.24, 2.45) is 13.0 Å². The molecule has 1 aromatic carbocycles. The molecule has 0 atom stereocenters. The van der Waals surface area contributed by atoms with Crippen LogP contribution in [0.25, 0.3) is 0 Å². The molecule has 0 bridgehead atoms. The van der Waals surface area contributed by atoms with E-state index in [0.29, 0.717) is 36.1 Å². The predicted molar refractivity (Wildman–Crippen MR) is 104 cm³/mol. The number of nitrogens with zero attached hydrogens (tertiary/aromatic N) is 2. The fraction of sp³-hybridized carbons (Fsp3) is 0.412. The third-order valence-corrected chi connectivity index (χ3v) is 4.00. The van der Waals surface area contributed by atoms with Crippen molar-refractivity contribution in [3.05, 3.63) is 41.7 Å². The summed E-state index contributed by atoms with van der Waals surface area (Å²) in [6.45, 7) is 3.01. The van der Waals surface area contributed by atoms with Crippen molar-refractivity contribution < 1.29 is 14.3 Å². The summed E-state index contributed by atoms with van der Waals surface area (Å²) >= 11 is 0. The normalized spacial score (nSPS) is 13.0. The smallest absolute Gasteiger partial charge is 0.251 e. The zero-order chi connectivity index (χ0) is 16.9. The summed E-state index contributed by atoms with van der Waals surface area (Å²) < 4.78 is 12.8. The summed E-state index contributed by atoms with van der Waals surface area (Å²) in [6.07, 6.45) is 3.65. The van der Waals surface area contributed by atoms with Crippen molar-refractivity contribution in [3.63, 3.8) is 0 Å². The van der Waals surface area contributed by atoms with Crippen molar-refractivity contribution in [2.45, 2.75) is 6.61 Å². The largest absolute Gasteiger partial charge is 0.493 e. The van der Waals surface area contributed by atoms with Gasteiger partial charge in [-0.15, -0.1) is 24.8 Å². The number of hydrogen-bond acceptors (Lipinski definition) is 5. The molecule has 0 aliphatic carbocycles. The number of ether oxygens (including phenoxy) is 2. The highest BCUT2D eigenvalue weighted by atomic mass is 35.5. The Morgan fingerprint density at radius 2 is 2.12 bits per heavy atom. The van der Waals surface area contributed by atoms with Gasteiger partial charge in [0.15, 0.2) is 11.5 Å². The number of rotatable bonds is 7. The SMILES string of the molecule is COc1cc(C(=O)NCC2CNC2)ccc1OCc1cnn(C)c1.Cl.Cl. The van der Waals surface area contributed by atoms with Crippen LogP contribution >= 0.6 is 24.8 Å². The molecule has 1 saturated heterocycles. The molecular weight excluding hydrogens is 379 g/mol. The van der Waals surface area contributed by atoms with E-state index in [-0.39, 0.29) is 30.7 Å². The van der Waals surface area contributed by atoms with E-state index in [9.17, 15) is 4.79 Å². The molecular formula is C17H24Cl2N4O3. The van der Waals surface area contributed by atoms with Crippen LogP contribution in [-0.4, -0.2) is 42.4 Å². The topological polar surface area (TPSA) is 77.4 Å². The maximum atomic E-state index is 12.2. The molecule has 2 aromatic rings. The molecule has 0 spiro atoms. The van der Waals surface area contributed by atoms with Gasteiger partial charge < -0.3 is 20.1 Å². The minimum Gasteiger partial charge on any atom is -0.493 e. The highest BCUT2D eigenvalue weighted by molar-refractivity contribution is 5.94. The van der Waals surface area contributed by atoms with E-state index < -0.39 is 0 Å². The molecule has 2 heterocycles. The van der Waals surface area contributed by atoms with Crippen LogP contribution in [0.15, 0.2) is 30.6 Å². The molecule has 2 N–H and O–H groups in total. The van der Waals surface area contributed by atoms with Crippen LogP contribution in [0.3, 0.4) is 0 Å². The first-order valence-corrected chi connectivity index (χ1v) is 7.93. The van der Waals surface area contributed by atoms with Crippen molar-refractivity contribution >= 4 is 30.7 Å². The van der Waals surface area contributed by atoms with Crippen LogP contribution in [0.1, 0.15) is 15.9 Å². The van der Waals surface area contributed by atoms with Crippen LogP contribution in [0.5, 0.6) is 11.5 Å². The van der Waals surface area contributed by atoms with Gasteiger partial charge in [-0.25, -0.2) is 0 Å². The maximum absolute atomic E-state index is 12.2. The monoisotopic (exact) mass is 402 g/mol. The number of aromatic nitrogens is 2. The lowest BCUT2D eigenvalue weighted by atomic mass is 10.0. The van der Waals surface area contributed by atoms with Crippen LogP contribution in [0, 0.1) is 5.92 Å². The first-order chi connectivity index (χ1) is 11.7. The maximum Gasteiger partial charge on any atom is 0.251 e. The predicted octanol–water partition coefficient (Wildman–Crippen LogP) is 1.80. The van der Waals surface area contributed by atoms with Gasteiger partial charge in [0.05, 0.1) is 13.3 Å². The summed E-state index contributed by atoms with van der Waals surface area (Å²) in [5.41, 5.74) is 1.53. The Morgan fingerprint density at radius 3 is 2.69 bits per heavy atom. The Hall–Kier alpha value is -1.96. The van der Waals surface area contributed by atoms with E-state index in [1.54, 1.807) is 36.2 Å². The van der Waals surface area contributed by atoms with Gasteiger partial charge in [-0.2, -0.15) is 5.10 Å². The Bertz CT molecular complexity index is 720. The number of halogens is 2. The second kappa shape index (κ2) is 10.3. The summed E-state index contributed by atoms with van der Waals surface area (Å²) in [4.78, 5) is 12.2. The van der Waals surface area contributed by atoms with Crippen molar-refractivity contribution in [1.29, 1.82) is 0 Å². The standard InChI is InChI=1S/C17H22N4O3.2ClH/c1-21-10-13(9-20-21)11-24-15-4-3-14(5-16(15)23-2)17(22)19-8-12-6-18-7-12;;/h3-5,9-10,12,18H,6-8,11H2,1-2H3,(H,19,22);2*1H. The molecule has 0 unspecified atom stereocenters. The molecule has 7 nitrogen and oxygen atoms in total. The van der Waals surface area contributed by atoms with Gasteiger partial charge in [-0.1, -0.05) is 0 Å². The Balaban J connectivity index is 0.00000169. The Labute approximate surface area is 165 Å². The summed E-state index contributed by atoms with van der Waals surface area (Å²) in [5.74, 6) is 1.56. The molecule has 1 amide bonds. The second-order valence-electron chi connectivity index (χ2n) is 5.91. The zero-order valence-electron chi connectivity index (χ0n) is 14.7. The van der Waals surface area contributed by atoms with Crippen LogP contribution < -0.4 is 20.1 Å². The highest BCUT2D eigenvalue weighted by Crippen LogP contribution is 2.28. The number of carbonyl (C=O) groups excluding carboxylic acids is 1. The second-order valence-corrected chi connectivity index (χ2v) is 5.91. The third-order valence-electron chi connectivity index (χ3n) is 4.00. The fourth-order valence-corrected chi connectivity index (χ4v) is 2.47. The molecule has 0 saturated carbocycles. The summed E-state index contributed by atoms with van der Waals surface area (Å²) in [7, 11) is 3.42. The van der Waals surface area contributed by atoms with Crippen molar-refractivity contribution in [1.82, 2.24) is 20.4 Å². The third kappa shape index (κ3) is 5.52. The number of benzene rings is 1. The zero-order valence-corrected chi connectivity index (χ0v) is 16.4. The van der Waals surface area contributed by atoms with Crippen LogP contribution in [0.4, 0.5) is 0 Å². The van der Waals surface area contributed by atoms with Gasteiger partial charge in [-0.05, 0) is 18.2 Å². The van der Waals surface area contributed by atoms with Gasteiger partial charge in [0.2, 0.25) is 0 Å². The molecule has 0 radical (unpaired) electrons. The average molecular weight is 403 g/mol. The van der Waals surface area contributed by atoms with Gasteiger partial charge in [0.25, 0.3) is 5.91 Å². The number of carbonyl (C=O) groups is 1. The molecule has 3 rings (SSSR count). The Morgan fingerprint density at radius 1 is 1.35 bits per heavy atom. The first-order valence-electron chi connectivity index (χ1n) is 7.93. The molecule has 1 aromatic heterocycles.